The first-order chi connectivity index (χ1) is 26.1. The molecule has 2 aromatic carbocycles. The first-order valence-electron chi connectivity index (χ1n) is 19.1. The van der Waals surface area contributed by atoms with Crippen molar-refractivity contribution in [1.29, 1.82) is 0 Å². The van der Waals surface area contributed by atoms with E-state index in [9.17, 15) is 33.6 Å². The van der Waals surface area contributed by atoms with Gasteiger partial charge in [0.05, 0.1) is 12.6 Å². The van der Waals surface area contributed by atoms with Crippen LogP contribution in [-0.2, 0) is 46.5 Å². The average molecular weight is 761 g/mol. The van der Waals surface area contributed by atoms with Crippen molar-refractivity contribution in [2.24, 2.45) is 5.92 Å². The second-order valence-electron chi connectivity index (χ2n) is 15.5. The van der Waals surface area contributed by atoms with Gasteiger partial charge in [0.1, 0.15) is 23.7 Å². The van der Waals surface area contributed by atoms with Crippen molar-refractivity contribution < 1.29 is 38.3 Å². The largest absolute Gasteiger partial charge is 0.444 e. The van der Waals surface area contributed by atoms with E-state index in [-0.39, 0.29) is 31.2 Å². The highest BCUT2D eigenvalue weighted by atomic mass is 16.6. The van der Waals surface area contributed by atoms with E-state index in [0.29, 0.717) is 12.0 Å². The molecule has 0 aromatic heterocycles. The molecule has 0 spiro atoms. The smallest absolute Gasteiger partial charge is 0.408 e. The lowest BCUT2D eigenvalue weighted by Gasteiger charge is -2.40. The van der Waals surface area contributed by atoms with Gasteiger partial charge in [-0.25, -0.2) is 4.79 Å². The molecule has 6 amide bonds. The Morgan fingerprint density at radius 3 is 2.11 bits per heavy atom. The van der Waals surface area contributed by atoms with Crippen LogP contribution in [0.3, 0.4) is 0 Å². The molecule has 14 nitrogen and oxygen atoms in total. The van der Waals surface area contributed by atoms with Gasteiger partial charge in [0.15, 0.2) is 0 Å². The molecule has 4 N–H and O–H groups in total. The van der Waals surface area contributed by atoms with Gasteiger partial charge in [-0.1, -0.05) is 87.2 Å². The van der Waals surface area contributed by atoms with Gasteiger partial charge in [0, 0.05) is 27.1 Å². The summed E-state index contributed by atoms with van der Waals surface area (Å²) in [6.07, 6.45) is 4.30. The van der Waals surface area contributed by atoms with Gasteiger partial charge in [0.25, 0.3) is 5.91 Å². The van der Waals surface area contributed by atoms with Crippen LogP contribution in [0.1, 0.15) is 95.4 Å². The maximum absolute atomic E-state index is 14.6. The number of carbonyl (C=O) groups is 7. The fourth-order valence-corrected chi connectivity index (χ4v) is 7.09. The SMILES string of the molecule is CCCC(NC(=O)[C@@H]1Cc2ccccc2CN1C(=O)[C@@H](NC(=O)OC(C)(C)C)C1CCCCC1)C(=O)C(=O)NCC(=O)N[C@H](C(=O)N(C)C)c1ccccc1. The number of nitrogens with zero attached hydrogens (tertiary/aromatic N) is 2. The minimum Gasteiger partial charge on any atom is -0.444 e. The quantitative estimate of drug-likeness (QED) is 0.212. The summed E-state index contributed by atoms with van der Waals surface area (Å²) in [5, 5.41) is 10.5. The van der Waals surface area contributed by atoms with Crippen LogP contribution >= 0.6 is 0 Å². The van der Waals surface area contributed by atoms with Crippen LogP contribution < -0.4 is 21.3 Å². The summed E-state index contributed by atoms with van der Waals surface area (Å²) in [4.78, 5) is 97.0. The fourth-order valence-electron chi connectivity index (χ4n) is 7.09. The molecule has 1 heterocycles. The number of fused-ring (bicyclic) bond motifs is 1. The lowest BCUT2D eigenvalue weighted by molar-refractivity contribution is -0.146. The first kappa shape index (κ1) is 42.5. The van der Waals surface area contributed by atoms with E-state index in [1.807, 2.05) is 24.3 Å². The lowest BCUT2D eigenvalue weighted by atomic mass is 9.82. The topological polar surface area (TPSA) is 183 Å². The van der Waals surface area contributed by atoms with Crippen LogP contribution in [0.4, 0.5) is 4.79 Å². The zero-order chi connectivity index (χ0) is 40.3. The molecule has 4 rings (SSSR count). The number of hydrogen-bond donors (Lipinski definition) is 4. The third-order valence-electron chi connectivity index (χ3n) is 9.86. The molecule has 14 heteroatoms. The van der Waals surface area contributed by atoms with Gasteiger partial charge in [-0.2, -0.15) is 0 Å². The highest BCUT2D eigenvalue weighted by molar-refractivity contribution is 6.38. The van der Waals surface area contributed by atoms with E-state index >= 15 is 0 Å². The Labute approximate surface area is 323 Å². The normalized spacial score (nSPS) is 17.3. The summed E-state index contributed by atoms with van der Waals surface area (Å²) >= 11 is 0. The van der Waals surface area contributed by atoms with Crippen LogP contribution in [0, 0.1) is 5.92 Å². The summed E-state index contributed by atoms with van der Waals surface area (Å²) in [5.74, 6) is -4.30. The number of benzene rings is 2. The van der Waals surface area contributed by atoms with Crippen molar-refractivity contribution in [3.8, 4) is 0 Å². The van der Waals surface area contributed by atoms with Gasteiger partial charge in [-0.15, -0.1) is 0 Å². The van der Waals surface area contributed by atoms with E-state index in [0.717, 1.165) is 43.2 Å². The molecule has 55 heavy (non-hydrogen) atoms. The van der Waals surface area contributed by atoms with E-state index < -0.39 is 71.8 Å². The monoisotopic (exact) mass is 760 g/mol. The van der Waals surface area contributed by atoms with Gasteiger partial charge >= 0.3 is 6.09 Å². The number of amides is 6. The number of hydrogen-bond acceptors (Lipinski definition) is 8. The minimum absolute atomic E-state index is 0.106. The zero-order valence-corrected chi connectivity index (χ0v) is 32.8. The number of rotatable bonds is 14. The Kier molecular flexibility index (Phi) is 14.9. The van der Waals surface area contributed by atoms with Crippen molar-refractivity contribution in [2.45, 2.75) is 115 Å². The molecule has 2 aromatic rings. The molecule has 4 atom stereocenters. The molecular weight excluding hydrogens is 704 g/mol. The minimum atomic E-state index is -1.24. The number of carbonyl (C=O) groups excluding carboxylic acids is 7. The summed E-state index contributed by atoms with van der Waals surface area (Å²) < 4.78 is 5.53. The van der Waals surface area contributed by atoms with Crippen LogP contribution in [-0.4, -0.2) is 95.6 Å². The van der Waals surface area contributed by atoms with Crippen LogP contribution in [0.2, 0.25) is 0 Å². The van der Waals surface area contributed by atoms with Crippen LogP contribution in [0.25, 0.3) is 0 Å². The Bertz CT molecular complexity index is 1700. The van der Waals surface area contributed by atoms with Crippen LogP contribution in [0.5, 0.6) is 0 Å². The number of Topliss-reactive ketones (excluding diaryl/α,β-unsaturated/α-hetero) is 1. The molecule has 298 valence electrons. The molecule has 1 aliphatic heterocycles. The molecule has 1 fully saturated rings. The summed E-state index contributed by atoms with van der Waals surface area (Å²) in [6.45, 7) is 6.54. The molecule has 0 saturated heterocycles. The number of alkyl carbamates (subject to hydrolysis) is 1. The maximum Gasteiger partial charge on any atom is 0.408 e. The third-order valence-corrected chi connectivity index (χ3v) is 9.86. The van der Waals surface area contributed by atoms with Crippen molar-refractivity contribution in [1.82, 2.24) is 31.1 Å². The Morgan fingerprint density at radius 1 is 0.855 bits per heavy atom. The summed E-state index contributed by atoms with van der Waals surface area (Å²) in [5.41, 5.74) is 1.49. The van der Waals surface area contributed by atoms with Gasteiger partial charge in [0.2, 0.25) is 29.4 Å². The zero-order valence-electron chi connectivity index (χ0n) is 32.8. The van der Waals surface area contributed by atoms with Crippen molar-refractivity contribution in [3.05, 3.63) is 71.3 Å². The number of ether oxygens (including phenoxy) is 1. The fraction of sp³-hybridized carbons (Fsp3) is 0.537. The third kappa shape index (κ3) is 11.9. The first-order valence-corrected chi connectivity index (χ1v) is 19.1. The highest BCUT2D eigenvalue weighted by Gasteiger charge is 2.42. The second-order valence-corrected chi connectivity index (χ2v) is 15.5. The molecular formula is C41H56N6O8. The lowest BCUT2D eigenvalue weighted by Crippen LogP contribution is -2.61. The number of nitrogens with one attached hydrogen (secondary N) is 4. The molecule has 0 bridgehead atoms. The number of likely N-dealkylation sites (N-methyl/N-ethyl adjacent to an activating group) is 1. The second kappa shape index (κ2) is 19.4. The average Bonchev–Trinajstić information content (AvgIpc) is 3.16. The van der Waals surface area contributed by atoms with Crippen LogP contribution in [0.15, 0.2) is 54.6 Å². The Hall–Kier alpha value is -5.27. The van der Waals surface area contributed by atoms with Gasteiger partial charge in [-0.3, -0.25) is 28.8 Å². The predicted molar refractivity (Wildman–Crippen MR) is 205 cm³/mol. The molecule has 1 saturated carbocycles. The van der Waals surface area contributed by atoms with E-state index in [1.165, 1.54) is 9.80 Å². The van der Waals surface area contributed by atoms with E-state index in [1.54, 1.807) is 72.1 Å². The molecule has 1 unspecified atom stereocenters. The van der Waals surface area contributed by atoms with Crippen molar-refractivity contribution in [2.75, 3.05) is 20.6 Å². The maximum atomic E-state index is 14.6. The van der Waals surface area contributed by atoms with Crippen molar-refractivity contribution in [3.63, 3.8) is 0 Å². The van der Waals surface area contributed by atoms with Crippen molar-refractivity contribution >= 4 is 41.4 Å². The molecule has 2 aliphatic rings. The van der Waals surface area contributed by atoms with Gasteiger partial charge in [-0.05, 0) is 62.6 Å². The summed E-state index contributed by atoms with van der Waals surface area (Å²) in [6, 6.07) is 11.9. The Morgan fingerprint density at radius 2 is 1.49 bits per heavy atom. The molecule has 1 aliphatic carbocycles. The van der Waals surface area contributed by atoms with Gasteiger partial charge < -0.3 is 35.8 Å². The molecule has 0 radical (unpaired) electrons. The predicted octanol–water partition coefficient (Wildman–Crippen LogP) is 3.33. The highest BCUT2D eigenvalue weighted by Crippen LogP contribution is 2.31. The van der Waals surface area contributed by atoms with E-state index in [2.05, 4.69) is 21.3 Å². The van der Waals surface area contributed by atoms with E-state index in [4.69, 9.17) is 4.74 Å². The summed E-state index contributed by atoms with van der Waals surface area (Å²) in [7, 11) is 3.12. The standard InChI is InChI=1S/C41H56N6O8/c1-7-16-30(35(49)37(51)42-24-32(48)44-33(38(52)46(5)6)26-17-10-8-11-18-26)43-36(50)31-23-28-21-14-15-22-29(28)25-47(31)39(53)34(27-19-12-9-13-20-27)45-40(54)55-41(2,3)4/h8,10-11,14-15,17-18,21-22,27,30-31,33-34H,7,9,12-13,16,19-20,23-25H2,1-6H3,(H,42,51)(H,43,50)(H,44,48)(H,45,54)/t30?,31-,33-,34-/m0/s1. The number of ketones is 1. The Balaban J connectivity index is 1.50.